The number of piperazine rings is 1. The normalized spacial score (nSPS) is 31.5. The summed E-state index contributed by atoms with van der Waals surface area (Å²) in [5.41, 5.74) is 5.97. The van der Waals surface area contributed by atoms with Gasteiger partial charge in [0.25, 0.3) is 0 Å². The van der Waals surface area contributed by atoms with E-state index in [-0.39, 0.29) is 0 Å². The van der Waals surface area contributed by atoms with E-state index in [1.54, 1.807) is 0 Å². The van der Waals surface area contributed by atoms with Gasteiger partial charge in [-0.05, 0) is 32.2 Å². The highest BCUT2D eigenvalue weighted by atomic mass is 16.2. The molecule has 1 aliphatic carbocycles. The van der Waals surface area contributed by atoms with Gasteiger partial charge in [0.05, 0.1) is 0 Å². The SMILES string of the molecule is CN1CCN(C(=O)CC2CCCC(N)C2)CC1. The zero-order valence-corrected chi connectivity index (χ0v) is 10.9. The number of nitrogens with zero attached hydrogens (tertiary/aromatic N) is 2. The first-order chi connectivity index (χ1) is 8.15. The van der Waals surface area contributed by atoms with Gasteiger partial charge in [-0.15, -0.1) is 0 Å². The lowest BCUT2D eigenvalue weighted by Gasteiger charge is -2.34. The van der Waals surface area contributed by atoms with Gasteiger partial charge in [-0.1, -0.05) is 6.42 Å². The van der Waals surface area contributed by atoms with Gasteiger partial charge in [0.1, 0.15) is 0 Å². The fourth-order valence-electron chi connectivity index (χ4n) is 2.95. The van der Waals surface area contributed by atoms with Crippen LogP contribution in [0.15, 0.2) is 0 Å². The third-order valence-electron chi connectivity index (χ3n) is 4.14. The van der Waals surface area contributed by atoms with Crippen molar-refractivity contribution in [2.45, 2.75) is 38.1 Å². The van der Waals surface area contributed by atoms with Crippen molar-refractivity contribution >= 4 is 5.91 Å². The minimum atomic E-state index is 0.328. The van der Waals surface area contributed by atoms with Crippen LogP contribution in [0, 0.1) is 5.92 Å². The van der Waals surface area contributed by atoms with E-state index in [0.29, 0.717) is 17.9 Å². The molecule has 0 radical (unpaired) electrons. The standard InChI is InChI=1S/C13H25N3O/c1-15-5-7-16(8-6-15)13(17)10-11-3-2-4-12(14)9-11/h11-12H,2-10,14H2,1H3. The number of nitrogens with two attached hydrogens (primary N) is 1. The summed E-state index contributed by atoms with van der Waals surface area (Å²) in [5.74, 6) is 0.878. The first-order valence-corrected chi connectivity index (χ1v) is 6.87. The number of carbonyl (C=O) groups excluding carboxylic acids is 1. The van der Waals surface area contributed by atoms with Crippen molar-refractivity contribution in [1.29, 1.82) is 0 Å². The first-order valence-electron chi connectivity index (χ1n) is 6.87. The molecule has 0 aromatic rings. The Morgan fingerprint density at radius 3 is 2.59 bits per heavy atom. The fraction of sp³-hybridized carbons (Fsp3) is 0.923. The molecule has 2 fully saturated rings. The van der Waals surface area contributed by atoms with Crippen LogP contribution >= 0.6 is 0 Å². The van der Waals surface area contributed by atoms with E-state index < -0.39 is 0 Å². The Balaban J connectivity index is 1.76. The highest BCUT2D eigenvalue weighted by Crippen LogP contribution is 2.26. The molecule has 0 aromatic carbocycles. The number of hydrogen-bond acceptors (Lipinski definition) is 3. The predicted octanol–water partition coefficient (Wildman–Crippen LogP) is 0.668. The summed E-state index contributed by atoms with van der Waals surface area (Å²) in [5, 5.41) is 0. The molecule has 1 saturated carbocycles. The van der Waals surface area contributed by atoms with Crippen LogP contribution in [0.5, 0.6) is 0 Å². The number of likely N-dealkylation sites (N-methyl/N-ethyl adjacent to an activating group) is 1. The van der Waals surface area contributed by atoms with Gasteiger partial charge in [0.2, 0.25) is 5.91 Å². The Kier molecular flexibility index (Phi) is 4.40. The van der Waals surface area contributed by atoms with E-state index in [1.165, 1.54) is 12.8 Å². The summed E-state index contributed by atoms with van der Waals surface area (Å²) >= 11 is 0. The molecule has 1 aliphatic heterocycles. The van der Waals surface area contributed by atoms with Crippen LogP contribution in [-0.2, 0) is 4.79 Å². The van der Waals surface area contributed by atoms with Gasteiger partial charge in [-0.3, -0.25) is 4.79 Å². The summed E-state index contributed by atoms with van der Waals surface area (Å²) in [6.07, 6.45) is 5.28. The summed E-state index contributed by atoms with van der Waals surface area (Å²) < 4.78 is 0. The van der Waals surface area contributed by atoms with Crippen molar-refractivity contribution in [2.75, 3.05) is 33.2 Å². The Hall–Kier alpha value is -0.610. The van der Waals surface area contributed by atoms with Crippen LogP contribution in [0.25, 0.3) is 0 Å². The second-order valence-electron chi connectivity index (χ2n) is 5.68. The molecule has 1 heterocycles. The number of carbonyl (C=O) groups is 1. The summed E-state index contributed by atoms with van der Waals surface area (Å²) in [6.45, 7) is 3.81. The number of hydrogen-bond donors (Lipinski definition) is 1. The van der Waals surface area contributed by atoms with Crippen molar-refractivity contribution in [3.8, 4) is 0 Å². The molecule has 1 saturated heterocycles. The Morgan fingerprint density at radius 2 is 1.94 bits per heavy atom. The molecule has 4 nitrogen and oxygen atoms in total. The van der Waals surface area contributed by atoms with Gasteiger partial charge < -0.3 is 15.5 Å². The maximum Gasteiger partial charge on any atom is 0.222 e. The van der Waals surface area contributed by atoms with Gasteiger partial charge >= 0.3 is 0 Å². The highest BCUT2D eigenvalue weighted by molar-refractivity contribution is 5.76. The van der Waals surface area contributed by atoms with Crippen LogP contribution in [0.1, 0.15) is 32.1 Å². The van der Waals surface area contributed by atoms with E-state index in [9.17, 15) is 4.79 Å². The van der Waals surface area contributed by atoms with Crippen LogP contribution in [0.3, 0.4) is 0 Å². The van der Waals surface area contributed by atoms with E-state index in [0.717, 1.165) is 45.4 Å². The van der Waals surface area contributed by atoms with Gasteiger partial charge in [-0.2, -0.15) is 0 Å². The molecule has 0 spiro atoms. The molecular formula is C13H25N3O. The van der Waals surface area contributed by atoms with Crippen LogP contribution in [0.2, 0.25) is 0 Å². The maximum absolute atomic E-state index is 12.1. The van der Waals surface area contributed by atoms with Crippen LogP contribution in [-0.4, -0.2) is 55.0 Å². The Morgan fingerprint density at radius 1 is 1.24 bits per heavy atom. The first kappa shape index (κ1) is 12.8. The van der Waals surface area contributed by atoms with Crippen molar-refractivity contribution in [3.05, 3.63) is 0 Å². The van der Waals surface area contributed by atoms with E-state index in [2.05, 4.69) is 11.9 Å². The summed E-state index contributed by atoms with van der Waals surface area (Å²) in [4.78, 5) is 16.5. The van der Waals surface area contributed by atoms with Crippen LogP contribution in [0.4, 0.5) is 0 Å². The monoisotopic (exact) mass is 239 g/mol. The minimum absolute atomic E-state index is 0.328. The fourth-order valence-corrected chi connectivity index (χ4v) is 2.95. The second-order valence-corrected chi connectivity index (χ2v) is 5.68. The topological polar surface area (TPSA) is 49.6 Å². The lowest BCUT2D eigenvalue weighted by molar-refractivity contribution is -0.134. The Bertz CT molecular complexity index is 261. The smallest absolute Gasteiger partial charge is 0.222 e. The van der Waals surface area contributed by atoms with E-state index >= 15 is 0 Å². The maximum atomic E-state index is 12.1. The molecule has 2 atom stereocenters. The molecule has 2 aliphatic rings. The molecule has 1 amide bonds. The quantitative estimate of drug-likeness (QED) is 0.770. The van der Waals surface area contributed by atoms with Crippen molar-refractivity contribution in [2.24, 2.45) is 11.7 Å². The van der Waals surface area contributed by atoms with E-state index in [4.69, 9.17) is 5.73 Å². The number of amides is 1. The second kappa shape index (κ2) is 5.83. The summed E-state index contributed by atoms with van der Waals surface area (Å²) in [7, 11) is 2.11. The minimum Gasteiger partial charge on any atom is -0.340 e. The van der Waals surface area contributed by atoms with Crippen molar-refractivity contribution < 1.29 is 4.79 Å². The van der Waals surface area contributed by atoms with Crippen LogP contribution < -0.4 is 5.73 Å². The molecule has 4 heteroatoms. The zero-order valence-electron chi connectivity index (χ0n) is 10.9. The van der Waals surface area contributed by atoms with Crippen molar-refractivity contribution in [1.82, 2.24) is 9.80 Å². The third kappa shape index (κ3) is 3.68. The predicted molar refractivity (Wildman–Crippen MR) is 68.6 cm³/mol. The zero-order chi connectivity index (χ0) is 12.3. The lowest BCUT2D eigenvalue weighted by Crippen LogP contribution is -2.47. The molecule has 2 unspecified atom stereocenters. The van der Waals surface area contributed by atoms with Gasteiger partial charge in [-0.25, -0.2) is 0 Å². The molecule has 98 valence electrons. The largest absolute Gasteiger partial charge is 0.340 e. The molecular weight excluding hydrogens is 214 g/mol. The average Bonchev–Trinajstić information content (AvgIpc) is 2.29. The molecule has 2 rings (SSSR count). The summed E-state index contributed by atoms with van der Waals surface area (Å²) in [6, 6.07) is 0.328. The van der Waals surface area contributed by atoms with E-state index in [1.807, 2.05) is 4.90 Å². The third-order valence-corrected chi connectivity index (χ3v) is 4.14. The average molecular weight is 239 g/mol. The van der Waals surface area contributed by atoms with Crippen molar-refractivity contribution in [3.63, 3.8) is 0 Å². The Labute approximate surface area is 104 Å². The molecule has 0 bridgehead atoms. The number of rotatable bonds is 2. The molecule has 2 N–H and O–H groups in total. The molecule has 17 heavy (non-hydrogen) atoms. The molecule has 0 aromatic heterocycles. The van der Waals surface area contributed by atoms with Gasteiger partial charge in [0, 0.05) is 38.6 Å². The highest BCUT2D eigenvalue weighted by Gasteiger charge is 2.25. The van der Waals surface area contributed by atoms with Gasteiger partial charge in [0.15, 0.2) is 0 Å². The lowest BCUT2D eigenvalue weighted by atomic mass is 9.84.